The summed E-state index contributed by atoms with van der Waals surface area (Å²) in [7, 11) is 1.66. The highest BCUT2D eigenvalue weighted by atomic mass is 16.5. The van der Waals surface area contributed by atoms with E-state index in [2.05, 4.69) is 5.32 Å². The van der Waals surface area contributed by atoms with Crippen molar-refractivity contribution in [1.82, 2.24) is 5.32 Å². The number of carbonyl (C=O) groups is 1. The molecule has 2 aromatic carbocycles. The molecule has 3 aromatic rings. The van der Waals surface area contributed by atoms with Gasteiger partial charge in [-0.3, -0.25) is 4.79 Å². The molecule has 0 radical (unpaired) electrons. The van der Waals surface area contributed by atoms with Crippen LogP contribution in [0.3, 0.4) is 0 Å². The standard InChI is InChI=1S/C20H19NO3/c1-12(22)21-17-11-15(17)19-16-10-14(23-2)8-9-18(16)24-20(19)13-6-4-3-5-7-13/h3-10,15,17H,11H2,1-2H3,(H,21,22). The van der Waals surface area contributed by atoms with Crippen LogP contribution < -0.4 is 10.1 Å². The molecule has 1 aliphatic carbocycles. The van der Waals surface area contributed by atoms with Crippen LogP contribution in [0.1, 0.15) is 24.8 Å². The van der Waals surface area contributed by atoms with Gasteiger partial charge in [0.05, 0.1) is 7.11 Å². The Labute approximate surface area is 140 Å². The zero-order valence-corrected chi connectivity index (χ0v) is 13.7. The van der Waals surface area contributed by atoms with Crippen molar-refractivity contribution in [2.45, 2.75) is 25.3 Å². The third-order valence-corrected chi connectivity index (χ3v) is 4.52. The summed E-state index contributed by atoms with van der Waals surface area (Å²) in [6.07, 6.45) is 0.936. The molecule has 1 aromatic heterocycles. The van der Waals surface area contributed by atoms with E-state index < -0.39 is 0 Å². The van der Waals surface area contributed by atoms with Crippen molar-refractivity contribution < 1.29 is 13.9 Å². The fraction of sp³-hybridized carbons (Fsp3) is 0.250. The minimum Gasteiger partial charge on any atom is -0.497 e. The highest BCUT2D eigenvalue weighted by Crippen LogP contribution is 2.49. The average Bonchev–Trinajstić information content (AvgIpc) is 3.22. The van der Waals surface area contributed by atoms with Gasteiger partial charge in [0.2, 0.25) is 5.91 Å². The highest BCUT2D eigenvalue weighted by molar-refractivity contribution is 5.90. The van der Waals surface area contributed by atoms with Crippen LogP contribution in [0, 0.1) is 0 Å². The lowest BCUT2D eigenvalue weighted by Crippen LogP contribution is -2.23. The van der Waals surface area contributed by atoms with Gasteiger partial charge >= 0.3 is 0 Å². The summed E-state index contributed by atoms with van der Waals surface area (Å²) in [5.74, 6) is 1.98. The van der Waals surface area contributed by atoms with E-state index in [9.17, 15) is 4.79 Å². The first kappa shape index (κ1) is 14.8. The molecule has 4 heteroatoms. The van der Waals surface area contributed by atoms with Crippen molar-refractivity contribution >= 4 is 16.9 Å². The molecule has 4 rings (SSSR count). The smallest absolute Gasteiger partial charge is 0.217 e. The molecule has 24 heavy (non-hydrogen) atoms. The van der Waals surface area contributed by atoms with Crippen molar-refractivity contribution in [3.8, 4) is 17.1 Å². The number of hydrogen-bond acceptors (Lipinski definition) is 3. The molecule has 1 aliphatic rings. The fourth-order valence-corrected chi connectivity index (χ4v) is 3.33. The Morgan fingerprint density at radius 3 is 2.71 bits per heavy atom. The van der Waals surface area contributed by atoms with Crippen molar-refractivity contribution in [3.05, 3.63) is 54.1 Å². The van der Waals surface area contributed by atoms with Gasteiger partial charge in [-0.2, -0.15) is 0 Å². The molecular formula is C20H19NO3. The number of ether oxygens (including phenoxy) is 1. The number of nitrogens with one attached hydrogen (secondary N) is 1. The lowest BCUT2D eigenvalue weighted by molar-refractivity contribution is -0.119. The summed E-state index contributed by atoms with van der Waals surface area (Å²) in [5.41, 5.74) is 3.06. The van der Waals surface area contributed by atoms with E-state index in [0.29, 0.717) is 0 Å². The zero-order chi connectivity index (χ0) is 16.7. The summed E-state index contributed by atoms with van der Waals surface area (Å²) < 4.78 is 11.5. The fourth-order valence-electron chi connectivity index (χ4n) is 3.33. The lowest BCUT2D eigenvalue weighted by Gasteiger charge is -2.05. The van der Waals surface area contributed by atoms with Gasteiger partial charge in [0.1, 0.15) is 17.1 Å². The van der Waals surface area contributed by atoms with Crippen LogP contribution in [0.2, 0.25) is 0 Å². The predicted molar refractivity (Wildman–Crippen MR) is 93.2 cm³/mol. The normalized spacial score (nSPS) is 19.2. The molecule has 0 bridgehead atoms. The molecule has 122 valence electrons. The largest absolute Gasteiger partial charge is 0.497 e. The number of carbonyl (C=O) groups excluding carboxylic acids is 1. The van der Waals surface area contributed by atoms with Gasteiger partial charge in [-0.1, -0.05) is 30.3 Å². The van der Waals surface area contributed by atoms with Crippen LogP contribution in [0.15, 0.2) is 52.9 Å². The molecule has 0 aliphatic heterocycles. The van der Waals surface area contributed by atoms with Gasteiger partial charge < -0.3 is 14.5 Å². The summed E-state index contributed by atoms with van der Waals surface area (Å²) in [5, 5.41) is 4.08. The molecule has 4 nitrogen and oxygen atoms in total. The number of methoxy groups -OCH3 is 1. The van der Waals surface area contributed by atoms with Crippen LogP contribution in [-0.4, -0.2) is 19.1 Å². The first-order valence-electron chi connectivity index (χ1n) is 8.10. The number of rotatable bonds is 4. The Morgan fingerprint density at radius 1 is 1.21 bits per heavy atom. The molecule has 1 amide bonds. The third-order valence-electron chi connectivity index (χ3n) is 4.52. The van der Waals surface area contributed by atoms with E-state index in [0.717, 1.165) is 40.0 Å². The molecule has 0 saturated heterocycles. The molecular weight excluding hydrogens is 302 g/mol. The van der Waals surface area contributed by atoms with E-state index >= 15 is 0 Å². The molecule has 2 unspecified atom stereocenters. The maximum atomic E-state index is 11.4. The van der Waals surface area contributed by atoms with Gasteiger partial charge in [0.25, 0.3) is 0 Å². The minimum absolute atomic E-state index is 0.00846. The average molecular weight is 321 g/mol. The predicted octanol–water partition coefficient (Wildman–Crippen LogP) is 4.10. The van der Waals surface area contributed by atoms with E-state index in [4.69, 9.17) is 9.15 Å². The maximum Gasteiger partial charge on any atom is 0.217 e. The Morgan fingerprint density at radius 2 is 2.00 bits per heavy atom. The number of amides is 1. The van der Waals surface area contributed by atoms with E-state index in [1.807, 2.05) is 48.5 Å². The van der Waals surface area contributed by atoms with E-state index in [1.54, 1.807) is 14.0 Å². The summed E-state index contributed by atoms with van der Waals surface area (Å²) in [6, 6.07) is 16.1. The number of hydrogen-bond donors (Lipinski definition) is 1. The molecule has 0 spiro atoms. The van der Waals surface area contributed by atoms with E-state index in [-0.39, 0.29) is 17.9 Å². The zero-order valence-electron chi connectivity index (χ0n) is 13.7. The molecule has 1 N–H and O–H groups in total. The van der Waals surface area contributed by atoms with Crippen LogP contribution in [0.5, 0.6) is 5.75 Å². The Hall–Kier alpha value is -2.75. The quantitative estimate of drug-likeness (QED) is 0.787. The summed E-state index contributed by atoms with van der Waals surface area (Å²) >= 11 is 0. The van der Waals surface area contributed by atoms with Crippen LogP contribution >= 0.6 is 0 Å². The first-order chi connectivity index (χ1) is 11.7. The number of fused-ring (bicyclic) bond motifs is 1. The van der Waals surface area contributed by atoms with Gasteiger partial charge in [-0.15, -0.1) is 0 Å². The third kappa shape index (κ3) is 2.54. The lowest BCUT2D eigenvalue weighted by atomic mass is 10.0. The SMILES string of the molecule is COc1ccc2oc(-c3ccccc3)c(C3CC3NC(C)=O)c2c1. The van der Waals surface area contributed by atoms with Crippen LogP contribution in [0.25, 0.3) is 22.3 Å². The number of furan rings is 1. The Balaban J connectivity index is 1.86. The van der Waals surface area contributed by atoms with Gasteiger partial charge in [0.15, 0.2) is 0 Å². The van der Waals surface area contributed by atoms with Crippen LogP contribution in [-0.2, 0) is 4.79 Å². The van der Waals surface area contributed by atoms with E-state index in [1.165, 1.54) is 0 Å². The topological polar surface area (TPSA) is 51.5 Å². The first-order valence-corrected chi connectivity index (χ1v) is 8.10. The van der Waals surface area contributed by atoms with Crippen molar-refractivity contribution in [2.24, 2.45) is 0 Å². The van der Waals surface area contributed by atoms with Crippen molar-refractivity contribution in [1.29, 1.82) is 0 Å². The minimum atomic E-state index is 0.00846. The number of benzene rings is 2. The van der Waals surface area contributed by atoms with Gasteiger partial charge in [0, 0.05) is 35.4 Å². The monoisotopic (exact) mass is 321 g/mol. The Bertz CT molecular complexity index is 898. The second kappa shape index (κ2) is 5.71. The second-order valence-corrected chi connectivity index (χ2v) is 6.22. The van der Waals surface area contributed by atoms with Crippen molar-refractivity contribution in [3.63, 3.8) is 0 Å². The van der Waals surface area contributed by atoms with Crippen LogP contribution in [0.4, 0.5) is 0 Å². The van der Waals surface area contributed by atoms with Gasteiger partial charge in [-0.25, -0.2) is 0 Å². The second-order valence-electron chi connectivity index (χ2n) is 6.22. The summed E-state index contributed by atoms with van der Waals surface area (Å²) in [6.45, 7) is 1.56. The summed E-state index contributed by atoms with van der Waals surface area (Å²) in [4.78, 5) is 11.4. The molecule has 1 heterocycles. The molecule has 1 fully saturated rings. The Kier molecular flexibility index (Phi) is 3.53. The van der Waals surface area contributed by atoms with Crippen molar-refractivity contribution in [2.75, 3.05) is 7.11 Å². The molecule has 1 saturated carbocycles. The maximum absolute atomic E-state index is 11.4. The highest BCUT2D eigenvalue weighted by Gasteiger charge is 2.43. The van der Waals surface area contributed by atoms with Gasteiger partial charge in [-0.05, 0) is 24.6 Å². The molecule has 2 atom stereocenters.